The third-order valence-corrected chi connectivity index (χ3v) is 4.25. The highest BCUT2D eigenvalue weighted by molar-refractivity contribution is 6.21. The van der Waals surface area contributed by atoms with E-state index in [0.717, 1.165) is 17.7 Å². The number of carboxylic acid groups (broad SMARTS) is 1. The van der Waals surface area contributed by atoms with E-state index < -0.39 is 23.2 Å². The fourth-order valence-electron chi connectivity index (χ4n) is 3.07. The maximum Gasteiger partial charge on any atom is 0.311 e. The van der Waals surface area contributed by atoms with Crippen molar-refractivity contribution < 1.29 is 19.5 Å². The minimum Gasteiger partial charge on any atom is -0.481 e. The van der Waals surface area contributed by atoms with E-state index in [4.69, 9.17) is 0 Å². The molecule has 1 aromatic rings. The summed E-state index contributed by atoms with van der Waals surface area (Å²) >= 11 is 0. The minimum atomic E-state index is -0.985. The third kappa shape index (κ3) is 1.71. The van der Waals surface area contributed by atoms with Crippen molar-refractivity contribution in [2.45, 2.75) is 25.7 Å². The zero-order chi connectivity index (χ0) is 14.3. The number of amides is 2. The second-order valence-electron chi connectivity index (χ2n) is 5.41. The molecule has 0 bridgehead atoms. The average molecular weight is 274 g/mol. The van der Waals surface area contributed by atoms with E-state index in [9.17, 15) is 19.5 Å². The van der Waals surface area contributed by atoms with E-state index in [2.05, 4.69) is 4.98 Å². The van der Waals surface area contributed by atoms with Crippen LogP contribution in [0.1, 0.15) is 46.4 Å². The lowest BCUT2D eigenvalue weighted by Crippen LogP contribution is -2.44. The molecule has 1 aromatic heterocycles. The number of imide groups is 1. The number of carbonyl (C=O) groups is 3. The Morgan fingerprint density at radius 1 is 1.25 bits per heavy atom. The predicted octanol–water partition coefficient (Wildman–Crippen LogP) is 1.32. The second-order valence-corrected chi connectivity index (χ2v) is 5.41. The van der Waals surface area contributed by atoms with Gasteiger partial charge in [-0.3, -0.25) is 24.3 Å². The largest absolute Gasteiger partial charge is 0.481 e. The molecule has 6 nitrogen and oxygen atoms in total. The number of aliphatic carboxylic acids is 1. The molecule has 1 fully saturated rings. The summed E-state index contributed by atoms with van der Waals surface area (Å²) in [6.07, 6.45) is 5.46. The summed E-state index contributed by atoms with van der Waals surface area (Å²) in [4.78, 5) is 40.9. The summed E-state index contributed by atoms with van der Waals surface area (Å²) in [7, 11) is 0. The standard InChI is InChI=1S/C14H14N2O4/c17-11-9-3-6-15-7-10(9)12(18)16(11)8-14(13(19)20)4-1-2-5-14/h3,6-7H,1-2,4-5,8H2,(H,19,20). The molecule has 1 aliphatic heterocycles. The molecule has 0 spiro atoms. The molecule has 1 N–H and O–H groups in total. The number of rotatable bonds is 3. The zero-order valence-electron chi connectivity index (χ0n) is 10.8. The first-order valence-corrected chi connectivity index (χ1v) is 6.59. The van der Waals surface area contributed by atoms with Gasteiger partial charge in [0.1, 0.15) is 0 Å². The fraction of sp³-hybridized carbons (Fsp3) is 0.429. The lowest BCUT2D eigenvalue weighted by atomic mass is 9.85. The van der Waals surface area contributed by atoms with Gasteiger partial charge in [0.15, 0.2) is 0 Å². The van der Waals surface area contributed by atoms with Crippen LogP contribution < -0.4 is 0 Å². The van der Waals surface area contributed by atoms with Crippen molar-refractivity contribution in [2.75, 3.05) is 6.54 Å². The van der Waals surface area contributed by atoms with Crippen LogP contribution in [0, 0.1) is 5.41 Å². The van der Waals surface area contributed by atoms with Crippen LogP contribution in [-0.4, -0.2) is 39.3 Å². The van der Waals surface area contributed by atoms with Gasteiger partial charge in [-0.2, -0.15) is 0 Å². The van der Waals surface area contributed by atoms with Gasteiger partial charge in [0.25, 0.3) is 11.8 Å². The molecule has 0 atom stereocenters. The summed E-state index contributed by atoms with van der Waals surface area (Å²) in [5, 5.41) is 9.45. The van der Waals surface area contributed by atoms with Crippen molar-refractivity contribution in [3.05, 3.63) is 29.6 Å². The van der Waals surface area contributed by atoms with E-state index in [1.54, 1.807) is 0 Å². The molecular weight excluding hydrogens is 260 g/mol. The maximum atomic E-state index is 12.2. The first kappa shape index (κ1) is 12.8. The Labute approximate surface area is 115 Å². The van der Waals surface area contributed by atoms with E-state index in [-0.39, 0.29) is 12.1 Å². The summed E-state index contributed by atoms with van der Waals surface area (Å²) in [6.45, 7) is -0.0469. The SMILES string of the molecule is O=C1c2ccncc2C(=O)N1CC1(C(=O)O)CCCC1. The number of carboxylic acids is 1. The number of hydrogen-bond donors (Lipinski definition) is 1. The Morgan fingerprint density at radius 2 is 1.90 bits per heavy atom. The number of hydrogen-bond acceptors (Lipinski definition) is 4. The molecule has 2 amide bonds. The van der Waals surface area contributed by atoms with Gasteiger partial charge < -0.3 is 5.11 Å². The normalized spacial score (nSPS) is 20.3. The van der Waals surface area contributed by atoms with Gasteiger partial charge in [-0.1, -0.05) is 12.8 Å². The quantitative estimate of drug-likeness (QED) is 0.840. The number of nitrogens with zero attached hydrogens (tertiary/aromatic N) is 2. The fourth-order valence-corrected chi connectivity index (χ4v) is 3.07. The smallest absolute Gasteiger partial charge is 0.311 e. The van der Waals surface area contributed by atoms with Gasteiger partial charge >= 0.3 is 5.97 Å². The highest BCUT2D eigenvalue weighted by Crippen LogP contribution is 2.40. The van der Waals surface area contributed by atoms with Crippen molar-refractivity contribution in [1.82, 2.24) is 9.88 Å². The number of carbonyl (C=O) groups excluding carboxylic acids is 2. The molecule has 0 radical (unpaired) electrons. The van der Waals surface area contributed by atoms with E-state index in [1.807, 2.05) is 0 Å². The van der Waals surface area contributed by atoms with Gasteiger partial charge in [-0.05, 0) is 18.9 Å². The predicted molar refractivity (Wildman–Crippen MR) is 68.1 cm³/mol. The van der Waals surface area contributed by atoms with Crippen LogP contribution in [0.3, 0.4) is 0 Å². The van der Waals surface area contributed by atoms with Crippen molar-refractivity contribution in [3.8, 4) is 0 Å². The van der Waals surface area contributed by atoms with E-state index >= 15 is 0 Å². The van der Waals surface area contributed by atoms with Gasteiger partial charge in [-0.25, -0.2) is 0 Å². The first-order chi connectivity index (χ1) is 9.55. The molecule has 0 aromatic carbocycles. The van der Waals surface area contributed by atoms with E-state index in [1.165, 1.54) is 18.5 Å². The molecule has 0 unspecified atom stereocenters. The molecular formula is C14H14N2O4. The summed E-state index contributed by atoms with van der Waals surface area (Å²) in [5.74, 6) is -1.78. The van der Waals surface area contributed by atoms with Gasteiger partial charge in [0.2, 0.25) is 0 Å². The first-order valence-electron chi connectivity index (χ1n) is 6.59. The van der Waals surface area contributed by atoms with Crippen molar-refractivity contribution in [1.29, 1.82) is 0 Å². The second kappa shape index (κ2) is 4.40. The molecule has 104 valence electrons. The molecule has 2 aliphatic rings. The van der Waals surface area contributed by atoms with Crippen molar-refractivity contribution in [2.24, 2.45) is 5.41 Å². The highest BCUT2D eigenvalue weighted by Gasteiger charge is 2.47. The molecule has 20 heavy (non-hydrogen) atoms. The Balaban J connectivity index is 1.92. The zero-order valence-corrected chi connectivity index (χ0v) is 10.8. The van der Waals surface area contributed by atoms with Gasteiger partial charge in [-0.15, -0.1) is 0 Å². The summed E-state index contributed by atoms with van der Waals surface area (Å²) in [5.41, 5.74) is -0.416. The van der Waals surface area contributed by atoms with Crippen LogP contribution in [0.15, 0.2) is 18.5 Å². The topological polar surface area (TPSA) is 87.6 Å². The Bertz CT molecular complexity index is 570. The van der Waals surface area contributed by atoms with Crippen LogP contribution in [-0.2, 0) is 4.79 Å². The molecule has 0 saturated heterocycles. The maximum absolute atomic E-state index is 12.2. The summed E-state index contributed by atoms with van der Waals surface area (Å²) in [6, 6.07) is 1.50. The number of pyridine rings is 1. The Morgan fingerprint density at radius 3 is 2.50 bits per heavy atom. The monoisotopic (exact) mass is 274 g/mol. The Hall–Kier alpha value is -2.24. The van der Waals surface area contributed by atoms with Crippen LogP contribution in [0.5, 0.6) is 0 Å². The van der Waals surface area contributed by atoms with E-state index in [0.29, 0.717) is 18.4 Å². The van der Waals surface area contributed by atoms with Crippen molar-refractivity contribution >= 4 is 17.8 Å². The molecule has 2 heterocycles. The van der Waals surface area contributed by atoms with Crippen molar-refractivity contribution in [3.63, 3.8) is 0 Å². The third-order valence-electron chi connectivity index (χ3n) is 4.25. The Kier molecular flexibility index (Phi) is 2.81. The van der Waals surface area contributed by atoms with Crippen LogP contribution >= 0.6 is 0 Å². The molecule has 3 rings (SSSR count). The van der Waals surface area contributed by atoms with Crippen LogP contribution in [0.2, 0.25) is 0 Å². The van der Waals surface area contributed by atoms with Gasteiger partial charge in [0.05, 0.1) is 16.5 Å². The minimum absolute atomic E-state index is 0.0469. The number of aromatic nitrogens is 1. The summed E-state index contributed by atoms with van der Waals surface area (Å²) < 4.78 is 0. The molecule has 1 saturated carbocycles. The van der Waals surface area contributed by atoms with Crippen LogP contribution in [0.4, 0.5) is 0 Å². The van der Waals surface area contributed by atoms with Gasteiger partial charge in [0, 0.05) is 18.9 Å². The molecule has 6 heteroatoms. The molecule has 1 aliphatic carbocycles. The lowest BCUT2D eigenvalue weighted by molar-refractivity contribution is -0.149. The highest BCUT2D eigenvalue weighted by atomic mass is 16.4. The number of fused-ring (bicyclic) bond motifs is 1. The lowest BCUT2D eigenvalue weighted by Gasteiger charge is -2.28. The van der Waals surface area contributed by atoms with Crippen LogP contribution in [0.25, 0.3) is 0 Å². The average Bonchev–Trinajstić information content (AvgIpc) is 3.01.